The molecule has 4 heteroatoms. The molecule has 0 aromatic heterocycles. The van der Waals surface area contributed by atoms with E-state index in [1.165, 1.54) is 5.57 Å². The van der Waals surface area contributed by atoms with Crippen LogP contribution in [-0.4, -0.2) is 23.9 Å². The summed E-state index contributed by atoms with van der Waals surface area (Å²) in [5.41, 5.74) is 1.93. The van der Waals surface area contributed by atoms with E-state index < -0.39 is 5.41 Å². The summed E-state index contributed by atoms with van der Waals surface area (Å²) in [5.74, 6) is 0.727. The topological polar surface area (TPSA) is 55.4 Å². The number of carbonyl (C=O) groups excluding carboxylic acids is 2. The molecule has 2 heterocycles. The molecule has 3 fully saturated rings. The minimum absolute atomic E-state index is 0.0577. The number of anilines is 1. The first-order chi connectivity index (χ1) is 15.1. The molecular formula is C28H37NO3. The summed E-state index contributed by atoms with van der Waals surface area (Å²) in [6, 6.07) is 7.49. The van der Waals surface area contributed by atoms with Crippen LogP contribution in [0.5, 0.6) is 0 Å². The Hall–Kier alpha value is -1.94. The van der Waals surface area contributed by atoms with Crippen LogP contribution in [0.2, 0.25) is 0 Å². The maximum absolute atomic E-state index is 14.0. The Morgan fingerprint density at radius 3 is 2.59 bits per heavy atom. The Kier molecular flexibility index (Phi) is 4.98. The molecule has 2 aliphatic heterocycles. The molecule has 172 valence electrons. The number of benzene rings is 1. The van der Waals surface area contributed by atoms with Gasteiger partial charge in [0, 0.05) is 12.0 Å². The van der Waals surface area contributed by atoms with Gasteiger partial charge in [-0.05, 0) is 87.7 Å². The van der Waals surface area contributed by atoms with E-state index in [2.05, 4.69) is 46.0 Å². The second-order valence-electron chi connectivity index (χ2n) is 11.7. The number of allylic oxidation sites excluding steroid dienone is 1. The van der Waals surface area contributed by atoms with Gasteiger partial charge in [0.2, 0.25) is 5.91 Å². The zero-order valence-electron chi connectivity index (χ0n) is 20.2. The molecule has 1 saturated heterocycles. The van der Waals surface area contributed by atoms with Crippen molar-refractivity contribution >= 4 is 17.4 Å². The number of nitrogens with one attached hydrogen (secondary N) is 1. The second-order valence-corrected chi connectivity index (χ2v) is 11.7. The lowest BCUT2D eigenvalue weighted by Crippen LogP contribution is -2.64. The van der Waals surface area contributed by atoms with Gasteiger partial charge in [-0.15, -0.1) is 0 Å². The van der Waals surface area contributed by atoms with Gasteiger partial charge in [-0.3, -0.25) is 9.59 Å². The van der Waals surface area contributed by atoms with Gasteiger partial charge in [0.1, 0.15) is 0 Å². The molecule has 0 bridgehead atoms. The minimum atomic E-state index is -0.582. The SMILES string of the molecule is CC(C)=CC1CC2(C)C(CCC3(C)C2CCC2CC(=O)c4ccccc4NC(=O)C23C)O1. The first-order valence-corrected chi connectivity index (χ1v) is 12.3. The van der Waals surface area contributed by atoms with Crippen LogP contribution >= 0.6 is 0 Å². The van der Waals surface area contributed by atoms with Gasteiger partial charge in [-0.1, -0.05) is 37.6 Å². The van der Waals surface area contributed by atoms with Crippen LogP contribution in [0.15, 0.2) is 35.9 Å². The number of Topliss-reactive ketones (excluding diaryl/α,β-unsaturated/α-hetero) is 1. The Morgan fingerprint density at radius 1 is 1.09 bits per heavy atom. The second kappa shape index (κ2) is 7.28. The number of rotatable bonds is 1. The lowest BCUT2D eigenvalue weighted by Gasteiger charge is -2.64. The molecule has 32 heavy (non-hydrogen) atoms. The van der Waals surface area contributed by atoms with Crippen LogP contribution in [-0.2, 0) is 9.53 Å². The Balaban J connectivity index is 1.55. The number of amides is 1. The highest BCUT2D eigenvalue weighted by molar-refractivity contribution is 6.08. The van der Waals surface area contributed by atoms with E-state index in [-0.39, 0.29) is 40.6 Å². The first-order valence-electron chi connectivity index (χ1n) is 12.3. The summed E-state index contributed by atoms with van der Waals surface area (Å²) in [6.07, 6.45) is 8.11. The van der Waals surface area contributed by atoms with E-state index in [1.54, 1.807) is 0 Å². The molecule has 4 nitrogen and oxygen atoms in total. The van der Waals surface area contributed by atoms with Gasteiger partial charge in [-0.25, -0.2) is 0 Å². The highest BCUT2D eigenvalue weighted by Gasteiger charge is 2.68. The normalized spacial score (nSPS) is 43.0. The number of para-hydroxylation sites is 1. The van der Waals surface area contributed by atoms with E-state index in [4.69, 9.17) is 4.74 Å². The average Bonchev–Trinajstić information content (AvgIpc) is 3.05. The molecule has 5 rings (SSSR count). The van der Waals surface area contributed by atoms with Crippen molar-refractivity contribution in [3.63, 3.8) is 0 Å². The molecule has 7 atom stereocenters. The van der Waals surface area contributed by atoms with Crippen molar-refractivity contribution in [2.45, 2.75) is 85.4 Å². The van der Waals surface area contributed by atoms with E-state index in [0.29, 0.717) is 23.6 Å². The fourth-order valence-electron chi connectivity index (χ4n) is 8.11. The molecule has 2 aliphatic carbocycles. The molecule has 1 N–H and O–H groups in total. The molecule has 2 saturated carbocycles. The van der Waals surface area contributed by atoms with Gasteiger partial charge in [0.25, 0.3) is 0 Å². The van der Waals surface area contributed by atoms with Crippen molar-refractivity contribution in [1.29, 1.82) is 0 Å². The Bertz CT molecular complexity index is 994. The Morgan fingerprint density at radius 2 is 1.84 bits per heavy atom. The average molecular weight is 436 g/mol. The third-order valence-electron chi connectivity index (χ3n) is 9.91. The van der Waals surface area contributed by atoms with Crippen LogP contribution < -0.4 is 5.32 Å². The standard InChI is InChI=1S/C28H37NO3/c1-17(2)14-19-16-26(3)23-11-10-18-15-22(30)20-8-6-7-9-21(20)29-25(31)28(18,5)27(23,4)13-12-24(26)32-19/h6-9,14,18-19,23-24H,10-13,15-16H2,1-5H3,(H,29,31). The van der Waals surface area contributed by atoms with Crippen molar-refractivity contribution in [2.24, 2.45) is 28.1 Å². The van der Waals surface area contributed by atoms with Crippen molar-refractivity contribution < 1.29 is 14.3 Å². The smallest absolute Gasteiger partial charge is 0.231 e. The summed E-state index contributed by atoms with van der Waals surface area (Å²) < 4.78 is 6.55. The van der Waals surface area contributed by atoms with E-state index >= 15 is 0 Å². The number of fused-ring (bicyclic) bond motifs is 6. The van der Waals surface area contributed by atoms with Crippen molar-refractivity contribution in [3.8, 4) is 0 Å². The van der Waals surface area contributed by atoms with Crippen LogP contribution in [0.3, 0.4) is 0 Å². The van der Waals surface area contributed by atoms with Gasteiger partial charge < -0.3 is 10.1 Å². The van der Waals surface area contributed by atoms with E-state index in [1.807, 2.05) is 24.3 Å². The summed E-state index contributed by atoms with van der Waals surface area (Å²) in [6.45, 7) is 11.2. The highest BCUT2D eigenvalue weighted by atomic mass is 16.5. The largest absolute Gasteiger partial charge is 0.370 e. The lowest BCUT2D eigenvalue weighted by atomic mass is 9.39. The van der Waals surface area contributed by atoms with Gasteiger partial charge >= 0.3 is 0 Å². The molecule has 7 unspecified atom stereocenters. The fraction of sp³-hybridized carbons (Fsp3) is 0.643. The van der Waals surface area contributed by atoms with Gasteiger partial charge in [0.05, 0.1) is 23.3 Å². The fourth-order valence-corrected chi connectivity index (χ4v) is 8.11. The number of hydrogen-bond acceptors (Lipinski definition) is 3. The van der Waals surface area contributed by atoms with Gasteiger partial charge in [0.15, 0.2) is 5.78 Å². The summed E-state index contributed by atoms with van der Waals surface area (Å²) >= 11 is 0. The molecule has 0 spiro atoms. The number of hydrogen-bond donors (Lipinski definition) is 1. The zero-order valence-corrected chi connectivity index (χ0v) is 20.2. The molecule has 1 aromatic carbocycles. The van der Waals surface area contributed by atoms with Crippen LogP contribution in [0.1, 0.15) is 83.5 Å². The van der Waals surface area contributed by atoms with Crippen LogP contribution in [0, 0.1) is 28.1 Å². The maximum atomic E-state index is 14.0. The monoisotopic (exact) mass is 435 g/mol. The van der Waals surface area contributed by atoms with Crippen LogP contribution in [0.4, 0.5) is 5.69 Å². The maximum Gasteiger partial charge on any atom is 0.231 e. The summed E-state index contributed by atoms with van der Waals surface area (Å²) in [5, 5.41) is 3.20. The van der Waals surface area contributed by atoms with E-state index in [9.17, 15) is 9.59 Å². The summed E-state index contributed by atoms with van der Waals surface area (Å²) in [7, 11) is 0. The van der Waals surface area contributed by atoms with Crippen LogP contribution in [0.25, 0.3) is 0 Å². The number of ketones is 1. The number of carbonyl (C=O) groups is 2. The zero-order chi connectivity index (χ0) is 22.9. The Labute approximate surface area is 192 Å². The predicted molar refractivity (Wildman–Crippen MR) is 126 cm³/mol. The highest BCUT2D eigenvalue weighted by Crippen LogP contribution is 2.69. The molecule has 1 amide bonds. The third kappa shape index (κ3) is 2.91. The van der Waals surface area contributed by atoms with Crippen molar-refractivity contribution in [3.05, 3.63) is 41.5 Å². The minimum Gasteiger partial charge on any atom is -0.370 e. The first kappa shape index (κ1) is 21.9. The lowest BCUT2D eigenvalue weighted by molar-refractivity contribution is -0.184. The molecule has 1 aromatic rings. The van der Waals surface area contributed by atoms with E-state index in [0.717, 1.165) is 32.1 Å². The third-order valence-corrected chi connectivity index (χ3v) is 9.91. The van der Waals surface area contributed by atoms with Gasteiger partial charge in [-0.2, -0.15) is 0 Å². The van der Waals surface area contributed by atoms with Crippen molar-refractivity contribution in [1.82, 2.24) is 0 Å². The predicted octanol–water partition coefficient (Wildman–Crippen LogP) is 6.17. The molecular weight excluding hydrogens is 398 g/mol. The quantitative estimate of drug-likeness (QED) is 0.536. The number of ether oxygens (including phenoxy) is 1. The molecule has 0 radical (unpaired) electrons. The molecule has 4 aliphatic rings. The van der Waals surface area contributed by atoms with Crippen molar-refractivity contribution in [2.75, 3.05) is 5.32 Å². The summed E-state index contributed by atoms with van der Waals surface area (Å²) in [4.78, 5) is 27.2.